The largest absolute Gasteiger partial charge is 0.413 e. The second-order valence-electron chi connectivity index (χ2n) is 6.41. The van der Waals surface area contributed by atoms with Crippen LogP contribution in [0.5, 0.6) is 5.88 Å². The van der Waals surface area contributed by atoms with Crippen molar-refractivity contribution in [3.05, 3.63) is 59.9 Å². The highest BCUT2D eigenvalue weighted by Crippen LogP contribution is 2.25. The molecule has 0 unspecified atom stereocenters. The van der Waals surface area contributed by atoms with Crippen LogP contribution >= 0.6 is 0 Å². The van der Waals surface area contributed by atoms with Crippen LogP contribution in [0, 0.1) is 6.92 Å². The van der Waals surface area contributed by atoms with E-state index in [0.717, 1.165) is 36.2 Å². The molecule has 0 spiro atoms. The summed E-state index contributed by atoms with van der Waals surface area (Å²) in [6, 6.07) is 11.9. The number of benzene rings is 1. The maximum atomic E-state index is 12.0. The van der Waals surface area contributed by atoms with Gasteiger partial charge >= 0.3 is 6.09 Å². The van der Waals surface area contributed by atoms with Crippen LogP contribution in [-0.2, 0) is 6.42 Å². The van der Waals surface area contributed by atoms with Crippen molar-refractivity contribution in [1.29, 1.82) is 0 Å². The monoisotopic (exact) mass is 379 g/mol. The minimum absolute atomic E-state index is 0.374. The number of anilines is 1. The molecule has 2 heterocycles. The molecule has 3 aromatic rings. The van der Waals surface area contributed by atoms with E-state index in [1.165, 1.54) is 5.56 Å². The Hall–Kier alpha value is -3.35. The molecule has 0 aliphatic carbocycles. The Balaban J connectivity index is 1.51. The summed E-state index contributed by atoms with van der Waals surface area (Å²) in [5, 5.41) is 5.87. The Morgan fingerprint density at radius 2 is 2.07 bits per heavy atom. The first kappa shape index (κ1) is 19.4. The second kappa shape index (κ2) is 9.55. The molecule has 0 radical (unpaired) electrons. The summed E-state index contributed by atoms with van der Waals surface area (Å²) in [6.45, 7) is 5.23. The zero-order valence-electron chi connectivity index (χ0n) is 16.2. The molecule has 7 heteroatoms. The lowest BCUT2D eigenvalue weighted by molar-refractivity contribution is 0.199. The molecule has 7 nitrogen and oxygen atoms in total. The van der Waals surface area contributed by atoms with Crippen molar-refractivity contribution in [2.75, 3.05) is 18.4 Å². The lowest BCUT2D eigenvalue weighted by Gasteiger charge is -2.06. The molecule has 28 heavy (non-hydrogen) atoms. The van der Waals surface area contributed by atoms with Gasteiger partial charge in [-0.1, -0.05) is 30.3 Å². The Morgan fingerprint density at radius 3 is 2.86 bits per heavy atom. The molecule has 2 aromatic heterocycles. The molecule has 3 N–H and O–H groups in total. The van der Waals surface area contributed by atoms with Crippen LogP contribution < -0.4 is 15.4 Å². The topological polar surface area (TPSA) is 91.9 Å². The fourth-order valence-corrected chi connectivity index (χ4v) is 2.81. The van der Waals surface area contributed by atoms with Gasteiger partial charge in [0, 0.05) is 37.1 Å². The van der Waals surface area contributed by atoms with Gasteiger partial charge in [-0.25, -0.2) is 14.8 Å². The fraction of sp³-hybridized carbons (Fsp3) is 0.286. The van der Waals surface area contributed by atoms with Crippen LogP contribution in [0.15, 0.2) is 48.8 Å². The summed E-state index contributed by atoms with van der Waals surface area (Å²) >= 11 is 0. The molecule has 1 amide bonds. The molecular formula is C21H25N5O2. The second-order valence-corrected chi connectivity index (χ2v) is 6.41. The number of nitrogens with one attached hydrogen (secondary N) is 3. The van der Waals surface area contributed by atoms with E-state index in [4.69, 9.17) is 4.74 Å². The molecule has 0 aliphatic heterocycles. The number of aromatic nitrogens is 3. The number of H-pyrrole nitrogens is 1. The molecule has 0 aliphatic rings. The predicted octanol–water partition coefficient (Wildman–Crippen LogP) is 3.93. The number of rotatable bonds is 8. The molecule has 3 rings (SSSR count). The first-order valence-corrected chi connectivity index (χ1v) is 9.41. The average Bonchev–Trinajstić information content (AvgIpc) is 3.16. The quantitative estimate of drug-likeness (QED) is 0.516. The molecule has 1 aromatic carbocycles. The standard InChI is InChI=1S/C21H25N5O2/c1-3-22-20-25-13-15(2)19(26-20)17-12-18(24-14-17)28-21(27)23-11-7-10-16-8-5-4-6-9-16/h4-6,8-9,12-14,24H,3,7,10-11H2,1-2H3,(H,23,27)(H,22,25,26). The Labute approximate surface area is 164 Å². The van der Waals surface area contributed by atoms with Gasteiger partial charge in [0.25, 0.3) is 0 Å². The Morgan fingerprint density at radius 1 is 1.25 bits per heavy atom. The van der Waals surface area contributed by atoms with E-state index >= 15 is 0 Å². The van der Waals surface area contributed by atoms with Gasteiger partial charge in [-0.15, -0.1) is 0 Å². The van der Waals surface area contributed by atoms with Gasteiger partial charge in [0.05, 0.1) is 5.69 Å². The van der Waals surface area contributed by atoms with Crippen molar-refractivity contribution in [3.63, 3.8) is 0 Å². The number of hydrogen-bond donors (Lipinski definition) is 3. The van der Waals surface area contributed by atoms with Crippen LogP contribution in [0.1, 0.15) is 24.5 Å². The molecule has 146 valence electrons. The van der Waals surface area contributed by atoms with Crippen molar-refractivity contribution in [3.8, 4) is 17.1 Å². The van der Waals surface area contributed by atoms with Crippen LogP contribution in [0.2, 0.25) is 0 Å². The third-order valence-corrected chi connectivity index (χ3v) is 4.19. The number of aryl methyl sites for hydroxylation is 2. The maximum Gasteiger partial charge on any atom is 0.413 e. The van der Waals surface area contributed by atoms with Crippen LogP contribution in [0.3, 0.4) is 0 Å². The highest BCUT2D eigenvalue weighted by Gasteiger charge is 2.11. The summed E-state index contributed by atoms with van der Waals surface area (Å²) < 4.78 is 5.32. The van der Waals surface area contributed by atoms with Crippen molar-refractivity contribution < 1.29 is 9.53 Å². The SMILES string of the molecule is CCNc1ncc(C)c(-c2c[nH]c(OC(=O)NCCCc3ccccc3)c2)n1. The van der Waals surface area contributed by atoms with Crippen LogP contribution in [0.25, 0.3) is 11.3 Å². The minimum atomic E-state index is -0.478. The normalized spacial score (nSPS) is 10.5. The first-order valence-electron chi connectivity index (χ1n) is 9.41. The number of aromatic amines is 1. The van der Waals surface area contributed by atoms with Crippen molar-refractivity contribution in [2.45, 2.75) is 26.7 Å². The van der Waals surface area contributed by atoms with Crippen LogP contribution in [-0.4, -0.2) is 34.1 Å². The first-order chi connectivity index (χ1) is 13.7. The number of hydrogen-bond acceptors (Lipinski definition) is 5. The summed E-state index contributed by atoms with van der Waals surface area (Å²) in [5.41, 5.74) is 3.83. The number of ether oxygens (including phenoxy) is 1. The van der Waals surface area contributed by atoms with E-state index in [1.807, 2.05) is 32.0 Å². The average molecular weight is 379 g/mol. The van der Waals surface area contributed by atoms with Crippen molar-refractivity contribution in [1.82, 2.24) is 20.3 Å². The van der Waals surface area contributed by atoms with Gasteiger partial charge in [-0.05, 0) is 37.8 Å². The Bertz CT molecular complexity index is 908. The van der Waals surface area contributed by atoms with Crippen LogP contribution in [0.4, 0.5) is 10.7 Å². The van der Waals surface area contributed by atoms with Gasteiger partial charge in [-0.2, -0.15) is 0 Å². The highest BCUT2D eigenvalue weighted by atomic mass is 16.6. The summed E-state index contributed by atoms with van der Waals surface area (Å²) in [5.74, 6) is 0.946. The van der Waals surface area contributed by atoms with E-state index < -0.39 is 6.09 Å². The minimum Gasteiger partial charge on any atom is -0.393 e. The van der Waals surface area contributed by atoms with Gasteiger partial charge in [0.2, 0.25) is 11.8 Å². The number of carbonyl (C=O) groups is 1. The van der Waals surface area contributed by atoms with E-state index in [-0.39, 0.29) is 0 Å². The van der Waals surface area contributed by atoms with E-state index in [1.54, 1.807) is 18.5 Å². The molecule has 0 bridgehead atoms. The molecule has 0 fully saturated rings. The third-order valence-electron chi connectivity index (χ3n) is 4.19. The predicted molar refractivity (Wildman–Crippen MR) is 110 cm³/mol. The van der Waals surface area contributed by atoms with Gasteiger partial charge in [0.15, 0.2) is 0 Å². The lowest BCUT2D eigenvalue weighted by atomic mass is 10.1. The summed E-state index contributed by atoms with van der Waals surface area (Å²) in [7, 11) is 0. The Kier molecular flexibility index (Phi) is 6.62. The fourth-order valence-electron chi connectivity index (χ4n) is 2.81. The van der Waals surface area contributed by atoms with Gasteiger partial charge < -0.3 is 20.4 Å². The molecular weight excluding hydrogens is 354 g/mol. The maximum absolute atomic E-state index is 12.0. The van der Waals surface area contributed by atoms with Crippen molar-refractivity contribution in [2.24, 2.45) is 0 Å². The highest BCUT2D eigenvalue weighted by molar-refractivity contribution is 5.71. The number of amides is 1. The number of nitrogens with zero attached hydrogens (tertiary/aromatic N) is 2. The number of carbonyl (C=O) groups excluding carboxylic acids is 1. The zero-order valence-corrected chi connectivity index (χ0v) is 16.2. The van der Waals surface area contributed by atoms with E-state index in [0.29, 0.717) is 18.4 Å². The van der Waals surface area contributed by atoms with Gasteiger partial charge in [-0.3, -0.25) is 0 Å². The van der Waals surface area contributed by atoms with E-state index in [2.05, 4.69) is 37.7 Å². The molecule has 0 atom stereocenters. The summed E-state index contributed by atoms with van der Waals surface area (Å²) in [4.78, 5) is 23.7. The smallest absolute Gasteiger partial charge is 0.393 e. The van der Waals surface area contributed by atoms with Gasteiger partial charge in [0.1, 0.15) is 0 Å². The summed E-state index contributed by atoms with van der Waals surface area (Å²) in [6.07, 6.45) is 4.82. The third kappa shape index (κ3) is 5.33. The van der Waals surface area contributed by atoms with E-state index in [9.17, 15) is 4.79 Å². The molecule has 0 saturated carbocycles. The lowest BCUT2D eigenvalue weighted by Crippen LogP contribution is -2.28. The zero-order chi connectivity index (χ0) is 19.8. The van der Waals surface area contributed by atoms with Crippen molar-refractivity contribution >= 4 is 12.0 Å². The molecule has 0 saturated heterocycles.